The zero-order chi connectivity index (χ0) is 15.5. The van der Waals surface area contributed by atoms with E-state index in [0.29, 0.717) is 18.7 Å². The first-order valence-corrected chi connectivity index (χ1v) is 7.53. The van der Waals surface area contributed by atoms with Gasteiger partial charge in [0, 0.05) is 37.4 Å². The third kappa shape index (κ3) is 3.06. The molecule has 22 heavy (non-hydrogen) atoms. The maximum absolute atomic E-state index is 12.4. The van der Waals surface area contributed by atoms with Gasteiger partial charge in [-0.25, -0.2) is 0 Å². The summed E-state index contributed by atoms with van der Waals surface area (Å²) in [6.07, 6.45) is 0. The van der Waals surface area contributed by atoms with Gasteiger partial charge in [-0.3, -0.25) is 4.79 Å². The van der Waals surface area contributed by atoms with Crippen molar-refractivity contribution in [3.8, 4) is 5.75 Å². The summed E-state index contributed by atoms with van der Waals surface area (Å²) < 4.78 is 0. The molecule has 0 saturated carbocycles. The number of aromatic hydroxyl groups is 1. The number of anilines is 1. The van der Waals surface area contributed by atoms with Gasteiger partial charge in [0.25, 0.3) is 5.91 Å². The smallest absolute Gasteiger partial charge is 0.254 e. The number of phenolic OH excluding ortho intramolecular Hbond substituents is 1. The van der Waals surface area contributed by atoms with Crippen molar-refractivity contribution >= 4 is 11.6 Å². The van der Waals surface area contributed by atoms with Crippen molar-refractivity contribution in [2.24, 2.45) is 0 Å². The van der Waals surface area contributed by atoms with Gasteiger partial charge in [-0.2, -0.15) is 0 Å². The molecule has 3 rings (SSSR count). The minimum atomic E-state index is -0.0141. The molecule has 2 aromatic carbocycles. The molecule has 4 heteroatoms. The molecule has 1 amide bonds. The number of phenols is 1. The van der Waals surface area contributed by atoms with Gasteiger partial charge < -0.3 is 14.9 Å². The number of piperazine rings is 1. The van der Waals surface area contributed by atoms with E-state index in [1.54, 1.807) is 18.2 Å². The minimum Gasteiger partial charge on any atom is -0.508 e. The maximum Gasteiger partial charge on any atom is 0.254 e. The highest BCUT2D eigenvalue weighted by molar-refractivity contribution is 5.94. The molecule has 1 aliphatic rings. The Morgan fingerprint density at radius 3 is 2.41 bits per heavy atom. The number of rotatable bonds is 2. The van der Waals surface area contributed by atoms with Gasteiger partial charge >= 0.3 is 0 Å². The lowest BCUT2D eigenvalue weighted by molar-refractivity contribution is 0.0746. The van der Waals surface area contributed by atoms with E-state index in [0.717, 1.165) is 13.1 Å². The molecule has 0 spiro atoms. The van der Waals surface area contributed by atoms with Crippen LogP contribution in [0, 0.1) is 6.92 Å². The Morgan fingerprint density at radius 2 is 1.73 bits per heavy atom. The average molecular weight is 296 g/mol. The van der Waals surface area contributed by atoms with E-state index >= 15 is 0 Å². The van der Waals surface area contributed by atoms with Crippen molar-refractivity contribution in [2.45, 2.75) is 6.92 Å². The molecule has 0 aliphatic carbocycles. The van der Waals surface area contributed by atoms with Gasteiger partial charge in [-0.1, -0.05) is 18.2 Å². The van der Waals surface area contributed by atoms with Crippen LogP contribution in [-0.4, -0.2) is 42.1 Å². The lowest BCUT2D eigenvalue weighted by Crippen LogP contribution is -2.48. The number of aryl methyl sites for hydroxylation is 1. The van der Waals surface area contributed by atoms with Crippen LogP contribution in [0.3, 0.4) is 0 Å². The Hall–Kier alpha value is -2.49. The molecule has 4 nitrogen and oxygen atoms in total. The highest BCUT2D eigenvalue weighted by atomic mass is 16.3. The lowest BCUT2D eigenvalue weighted by Gasteiger charge is -2.36. The molecule has 114 valence electrons. The summed E-state index contributed by atoms with van der Waals surface area (Å²) in [7, 11) is 0. The molecule has 1 heterocycles. The first-order valence-electron chi connectivity index (χ1n) is 7.53. The first-order chi connectivity index (χ1) is 10.6. The third-order valence-corrected chi connectivity index (χ3v) is 4.03. The molecule has 0 aromatic heterocycles. The van der Waals surface area contributed by atoms with Gasteiger partial charge in [0.15, 0.2) is 0 Å². The number of benzene rings is 2. The van der Waals surface area contributed by atoms with E-state index in [1.165, 1.54) is 17.3 Å². The van der Waals surface area contributed by atoms with E-state index in [1.807, 2.05) is 4.90 Å². The molecular weight excluding hydrogens is 276 g/mol. The van der Waals surface area contributed by atoms with Crippen molar-refractivity contribution < 1.29 is 9.90 Å². The highest BCUT2D eigenvalue weighted by Gasteiger charge is 2.22. The normalized spacial score (nSPS) is 15.0. The fourth-order valence-electron chi connectivity index (χ4n) is 2.81. The number of carbonyl (C=O) groups is 1. The number of amides is 1. The van der Waals surface area contributed by atoms with Crippen LogP contribution in [-0.2, 0) is 0 Å². The van der Waals surface area contributed by atoms with Crippen molar-refractivity contribution in [2.75, 3.05) is 31.1 Å². The summed E-state index contributed by atoms with van der Waals surface area (Å²) in [4.78, 5) is 16.6. The second kappa shape index (κ2) is 6.10. The Balaban J connectivity index is 1.65. The molecule has 1 saturated heterocycles. The highest BCUT2D eigenvalue weighted by Crippen LogP contribution is 2.19. The van der Waals surface area contributed by atoms with Crippen LogP contribution in [0.4, 0.5) is 5.69 Å². The van der Waals surface area contributed by atoms with Gasteiger partial charge in [0.2, 0.25) is 0 Å². The van der Waals surface area contributed by atoms with Gasteiger partial charge in [0.05, 0.1) is 0 Å². The SMILES string of the molecule is Cc1cccc(N2CCN(C(=O)c3cccc(O)c3)CC2)c1. The monoisotopic (exact) mass is 296 g/mol. The van der Waals surface area contributed by atoms with Crippen LogP contribution < -0.4 is 4.90 Å². The van der Waals surface area contributed by atoms with Gasteiger partial charge in [-0.05, 0) is 42.8 Å². The molecule has 0 radical (unpaired) electrons. The zero-order valence-electron chi connectivity index (χ0n) is 12.7. The van der Waals surface area contributed by atoms with Crippen LogP contribution in [0.25, 0.3) is 0 Å². The summed E-state index contributed by atoms with van der Waals surface area (Å²) in [6, 6.07) is 15.0. The van der Waals surface area contributed by atoms with E-state index in [2.05, 4.69) is 36.1 Å². The molecule has 0 bridgehead atoms. The van der Waals surface area contributed by atoms with Crippen LogP contribution in [0.2, 0.25) is 0 Å². The van der Waals surface area contributed by atoms with Crippen molar-refractivity contribution in [1.82, 2.24) is 4.90 Å². The van der Waals surface area contributed by atoms with Crippen LogP contribution in [0.1, 0.15) is 15.9 Å². The quantitative estimate of drug-likeness (QED) is 0.926. The van der Waals surface area contributed by atoms with Gasteiger partial charge in [-0.15, -0.1) is 0 Å². The third-order valence-electron chi connectivity index (χ3n) is 4.03. The second-order valence-electron chi connectivity index (χ2n) is 5.67. The van der Waals surface area contributed by atoms with Crippen LogP contribution >= 0.6 is 0 Å². The van der Waals surface area contributed by atoms with E-state index in [9.17, 15) is 9.90 Å². The Morgan fingerprint density at radius 1 is 1.00 bits per heavy atom. The topological polar surface area (TPSA) is 43.8 Å². The van der Waals surface area contributed by atoms with Crippen LogP contribution in [0.15, 0.2) is 48.5 Å². The fraction of sp³-hybridized carbons (Fsp3) is 0.278. The van der Waals surface area contributed by atoms with E-state index in [-0.39, 0.29) is 11.7 Å². The summed E-state index contributed by atoms with van der Waals surface area (Å²) >= 11 is 0. The van der Waals surface area contributed by atoms with E-state index in [4.69, 9.17) is 0 Å². The molecule has 1 aliphatic heterocycles. The number of hydrogen-bond acceptors (Lipinski definition) is 3. The molecule has 0 atom stereocenters. The van der Waals surface area contributed by atoms with Crippen molar-refractivity contribution in [1.29, 1.82) is 0 Å². The predicted octanol–water partition coefficient (Wildman–Crippen LogP) is 2.66. The second-order valence-corrected chi connectivity index (χ2v) is 5.67. The summed E-state index contributed by atoms with van der Waals surface area (Å²) in [5.41, 5.74) is 3.00. The Kier molecular flexibility index (Phi) is 4.00. The molecular formula is C18H20N2O2. The van der Waals surface area contributed by atoms with E-state index < -0.39 is 0 Å². The lowest BCUT2D eigenvalue weighted by atomic mass is 10.1. The molecule has 1 fully saturated rings. The first kappa shape index (κ1) is 14.4. The summed E-state index contributed by atoms with van der Waals surface area (Å²) in [5, 5.41) is 9.50. The predicted molar refractivity (Wildman–Crippen MR) is 87.4 cm³/mol. The Bertz CT molecular complexity index is 676. The standard InChI is InChI=1S/C18H20N2O2/c1-14-4-2-6-16(12-14)19-8-10-20(11-9-19)18(22)15-5-3-7-17(21)13-15/h2-7,12-13,21H,8-11H2,1H3. The largest absolute Gasteiger partial charge is 0.508 e. The number of carbonyl (C=O) groups excluding carboxylic acids is 1. The summed E-state index contributed by atoms with van der Waals surface area (Å²) in [5.74, 6) is 0.115. The minimum absolute atomic E-state index is 0.0141. The van der Waals surface area contributed by atoms with Crippen LogP contribution in [0.5, 0.6) is 5.75 Å². The summed E-state index contributed by atoms with van der Waals surface area (Å²) in [6.45, 7) is 5.14. The zero-order valence-corrected chi connectivity index (χ0v) is 12.7. The molecule has 1 N–H and O–H groups in total. The molecule has 2 aromatic rings. The Labute approximate surface area is 130 Å². The van der Waals surface area contributed by atoms with Crippen molar-refractivity contribution in [3.05, 3.63) is 59.7 Å². The number of hydrogen-bond donors (Lipinski definition) is 1. The fourth-order valence-corrected chi connectivity index (χ4v) is 2.81. The van der Waals surface area contributed by atoms with Gasteiger partial charge in [0.1, 0.15) is 5.75 Å². The average Bonchev–Trinajstić information content (AvgIpc) is 2.54. The number of nitrogens with zero attached hydrogens (tertiary/aromatic N) is 2. The van der Waals surface area contributed by atoms with Crippen molar-refractivity contribution in [3.63, 3.8) is 0 Å². The molecule has 0 unspecified atom stereocenters. The maximum atomic E-state index is 12.4.